The number of fused-ring (bicyclic) bond motifs is 2. The van der Waals surface area contributed by atoms with E-state index in [4.69, 9.17) is 4.74 Å². The second kappa shape index (κ2) is 8.13. The van der Waals surface area contributed by atoms with Crippen molar-refractivity contribution in [1.82, 2.24) is 9.88 Å². The van der Waals surface area contributed by atoms with Crippen molar-refractivity contribution in [3.8, 4) is 11.5 Å². The summed E-state index contributed by atoms with van der Waals surface area (Å²) in [5.41, 5.74) is 5.04. The van der Waals surface area contributed by atoms with Gasteiger partial charge < -0.3 is 19.9 Å². The Labute approximate surface area is 188 Å². The van der Waals surface area contributed by atoms with E-state index in [2.05, 4.69) is 52.9 Å². The van der Waals surface area contributed by atoms with Crippen LogP contribution in [0.5, 0.6) is 11.5 Å². The number of carbonyl (C=O) groups is 1. The number of carbonyl (C=O) groups excluding carboxylic acids is 1. The number of ether oxygens (including phenoxy) is 1. The molecule has 1 atom stereocenters. The van der Waals surface area contributed by atoms with Crippen LogP contribution in [0, 0.1) is 0 Å². The topological polar surface area (TPSA) is 57.7 Å². The fourth-order valence-corrected chi connectivity index (χ4v) is 4.33. The molecule has 0 bridgehead atoms. The number of hydrogen-bond donors (Lipinski definition) is 1. The minimum Gasteiger partial charge on any atom is -0.454 e. The molecule has 0 saturated carbocycles. The van der Waals surface area contributed by atoms with Crippen molar-refractivity contribution in [2.45, 2.75) is 12.5 Å². The standard InChI is InChI=1S/C26H26N4O2/c1-17-22-10-12-27-15-25(22)32-24-9-4-18(14-23(17)24)26(31)28-19-5-7-20(8-6-19)30-13-11-21(16-30)29(2)3/h4-10,12,14-15,21H,1,11,13,16H2,2-3H3,(H,28,31). The first-order valence-corrected chi connectivity index (χ1v) is 10.8. The van der Waals surface area contributed by atoms with Gasteiger partial charge in [0, 0.05) is 53.4 Å². The summed E-state index contributed by atoms with van der Waals surface area (Å²) in [5, 5.41) is 3.00. The molecule has 162 valence electrons. The van der Waals surface area contributed by atoms with Crippen LogP contribution in [-0.2, 0) is 0 Å². The highest BCUT2D eigenvalue weighted by atomic mass is 16.5. The number of hydrogen-bond acceptors (Lipinski definition) is 5. The van der Waals surface area contributed by atoms with E-state index in [-0.39, 0.29) is 5.91 Å². The Bertz CT molecular complexity index is 1190. The number of benzene rings is 2. The third-order valence-corrected chi connectivity index (χ3v) is 6.28. The van der Waals surface area contributed by atoms with Gasteiger partial charge in [-0.05, 0) is 74.6 Å². The molecule has 1 fully saturated rings. The number of amides is 1. The average Bonchev–Trinajstić information content (AvgIpc) is 3.30. The second-order valence-corrected chi connectivity index (χ2v) is 8.52. The summed E-state index contributed by atoms with van der Waals surface area (Å²) in [4.78, 5) is 21.7. The Morgan fingerprint density at radius 1 is 1.12 bits per heavy atom. The smallest absolute Gasteiger partial charge is 0.255 e. The van der Waals surface area contributed by atoms with E-state index < -0.39 is 0 Å². The zero-order valence-corrected chi connectivity index (χ0v) is 18.3. The van der Waals surface area contributed by atoms with Crippen LogP contribution in [0.4, 0.5) is 11.4 Å². The summed E-state index contributed by atoms with van der Waals surface area (Å²) in [6.07, 6.45) is 4.55. The molecule has 2 aliphatic heterocycles. The summed E-state index contributed by atoms with van der Waals surface area (Å²) in [5.74, 6) is 1.19. The molecule has 3 heterocycles. The minimum atomic E-state index is -0.164. The van der Waals surface area contributed by atoms with E-state index in [0.29, 0.717) is 23.1 Å². The van der Waals surface area contributed by atoms with Gasteiger partial charge in [0.15, 0.2) is 5.75 Å². The molecule has 2 aromatic carbocycles. The van der Waals surface area contributed by atoms with Gasteiger partial charge in [0.2, 0.25) is 0 Å². The zero-order valence-electron chi connectivity index (χ0n) is 18.3. The molecule has 6 nitrogen and oxygen atoms in total. The molecule has 5 rings (SSSR count). The molecule has 1 aromatic heterocycles. The molecule has 6 heteroatoms. The van der Waals surface area contributed by atoms with Gasteiger partial charge in [0.1, 0.15) is 5.75 Å². The maximum Gasteiger partial charge on any atom is 0.255 e. The first-order chi connectivity index (χ1) is 15.5. The van der Waals surface area contributed by atoms with Crippen molar-refractivity contribution in [2.24, 2.45) is 0 Å². The van der Waals surface area contributed by atoms with Crippen molar-refractivity contribution in [1.29, 1.82) is 0 Å². The predicted molar refractivity (Wildman–Crippen MR) is 128 cm³/mol. The molecule has 0 aliphatic carbocycles. The van der Waals surface area contributed by atoms with Crippen molar-refractivity contribution < 1.29 is 9.53 Å². The molecular weight excluding hydrogens is 400 g/mol. The average molecular weight is 427 g/mol. The summed E-state index contributed by atoms with van der Waals surface area (Å²) in [6, 6.07) is 15.9. The predicted octanol–water partition coefficient (Wildman–Crippen LogP) is 4.64. The number of anilines is 2. The highest BCUT2D eigenvalue weighted by molar-refractivity contribution is 6.05. The number of likely N-dealkylation sites (N-methyl/N-ethyl adjacent to an activating group) is 1. The van der Waals surface area contributed by atoms with Gasteiger partial charge in [-0.1, -0.05) is 6.58 Å². The Morgan fingerprint density at radius 2 is 1.94 bits per heavy atom. The summed E-state index contributed by atoms with van der Waals surface area (Å²) < 4.78 is 5.92. The van der Waals surface area contributed by atoms with E-state index in [9.17, 15) is 4.79 Å². The normalized spacial score (nSPS) is 17.0. The molecule has 0 spiro atoms. The lowest BCUT2D eigenvalue weighted by Crippen LogP contribution is -2.31. The molecule has 1 N–H and O–H groups in total. The van der Waals surface area contributed by atoms with Gasteiger partial charge in [-0.3, -0.25) is 9.78 Å². The van der Waals surface area contributed by atoms with Crippen molar-refractivity contribution in [2.75, 3.05) is 37.4 Å². The van der Waals surface area contributed by atoms with Gasteiger partial charge >= 0.3 is 0 Å². The monoisotopic (exact) mass is 426 g/mol. The Morgan fingerprint density at radius 3 is 2.69 bits per heavy atom. The quantitative estimate of drug-likeness (QED) is 0.515. The molecule has 1 saturated heterocycles. The zero-order chi connectivity index (χ0) is 22.2. The fraction of sp³-hybridized carbons (Fsp3) is 0.231. The maximum atomic E-state index is 12.9. The van der Waals surface area contributed by atoms with Crippen LogP contribution in [0.1, 0.15) is 27.9 Å². The lowest BCUT2D eigenvalue weighted by Gasteiger charge is -2.22. The van der Waals surface area contributed by atoms with E-state index in [1.807, 2.05) is 30.3 Å². The first-order valence-electron chi connectivity index (χ1n) is 10.8. The van der Waals surface area contributed by atoms with E-state index >= 15 is 0 Å². The number of nitrogens with one attached hydrogen (secondary N) is 1. The van der Waals surface area contributed by atoms with Crippen LogP contribution in [-0.4, -0.2) is 49.0 Å². The van der Waals surface area contributed by atoms with Crippen LogP contribution in [0.2, 0.25) is 0 Å². The van der Waals surface area contributed by atoms with Gasteiger partial charge in [-0.25, -0.2) is 0 Å². The molecule has 3 aromatic rings. The molecule has 2 aliphatic rings. The number of pyridine rings is 1. The minimum absolute atomic E-state index is 0.164. The Hall–Kier alpha value is -3.64. The molecular formula is C26H26N4O2. The van der Waals surface area contributed by atoms with Crippen molar-refractivity contribution in [3.05, 3.63) is 84.2 Å². The van der Waals surface area contributed by atoms with Crippen LogP contribution >= 0.6 is 0 Å². The lowest BCUT2D eigenvalue weighted by atomic mass is 9.95. The highest BCUT2D eigenvalue weighted by Crippen LogP contribution is 2.42. The molecule has 1 amide bonds. The van der Waals surface area contributed by atoms with E-state index in [1.165, 1.54) is 12.1 Å². The van der Waals surface area contributed by atoms with E-state index in [1.54, 1.807) is 18.5 Å². The summed E-state index contributed by atoms with van der Waals surface area (Å²) >= 11 is 0. The van der Waals surface area contributed by atoms with Gasteiger partial charge in [-0.2, -0.15) is 0 Å². The van der Waals surface area contributed by atoms with Gasteiger partial charge in [0.05, 0.1) is 6.20 Å². The SMILES string of the molecule is C=C1c2ccncc2Oc2ccc(C(=O)Nc3ccc(N4CCC(N(C)C)C4)cc3)cc21. The van der Waals surface area contributed by atoms with Crippen LogP contribution in [0.15, 0.2) is 67.5 Å². The van der Waals surface area contributed by atoms with Crippen LogP contribution < -0.4 is 15.0 Å². The summed E-state index contributed by atoms with van der Waals surface area (Å²) in [6.45, 7) is 6.27. The second-order valence-electron chi connectivity index (χ2n) is 8.52. The van der Waals surface area contributed by atoms with Crippen LogP contribution in [0.3, 0.4) is 0 Å². The van der Waals surface area contributed by atoms with Crippen LogP contribution in [0.25, 0.3) is 5.57 Å². The Balaban J connectivity index is 1.29. The third-order valence-electron chi connectivity index (χ3n) is 6.28. The third kappa shape index (κ3) is 3.74. The maximum absolute atomic E-state index is 12.9. The molecule has 1 unspecified atom stereocenters. The Kier molecular flexibility index (Phi) is 5.15. The number of aromatic nitrogens is 1. The highest BCUT2D eigenvalue weighted by Gasteiger charge is 2.24. The number of rotatable bonds is 4. The molecule has 0 radical (unpaired) electrons. The van der Waals surface area contributed by atoms with Gasteiger partial charge in [-0.15, -0.1) is 0 Å². The van der Waals surface area contributed by atoms with Gasteiger partial charge in [0.25, 0.3) is 5.91 Å². The fourth-order valence-electron chi connectivity index (χ4n) is 4.33. The first kappa shape index (κ1) is 20.3. The van der Waals surface area contributed by atoms with E-state index in [0.717, 1.165) is 35.5 Å². The largest absolute Gasteiger partial charge is 0.454 e. The number of nitrogens with zero attached hydrogens (tertiary/aromatic N) is 3. The van der Waals surface area contributed by atoms with Crippen molar-refractivity contribution >= 4 is 22.9 Å². The lowest BCUT2D eigenvalue weighted by molar-refractivity contribution is 0.102. The summed E-state index contributed by atoms with van der Waals surface area (Å²) in [7, 11) is 4.26. The van der Waals surface area contributed by atoms with Crippen molar-refractivity contribution in [3.63, 3.8) is 0 Å². The molecule has 32 heavy (non-hydrogen) atoms.